The van der Waals surface area contributed by atoms with Gasteiger partial charge in [0.15, 0.2) is 34.5 Å². The van der Waals surface area contributed by atoms with Gasteiger partial charge in [0.2, 0.25) is 5.88 Å². The first-order valence-electron chi connectivity index (χ1n) is 13.0. The van der Waals surface area contributed by atoms with Gasteiger partial charge >= 0.3 is 29.6 Å². The van der Waals surface area contributed by atoms with Crippen molar-refractivity contribution in [3.63, 3.8) is 0 Å². The van der Waals surface area contributed by atoms with E-state index in [0.29, 0.717) is 38.2 Å². The number of ether oxygens (including phenoxy) is 4. The van der Waals surface area contributed by atoms with E-state index < -0.39 is 4.92 Å². The molecule has 0 aliphatic carbocycles. The predicted octanol–water partition coefficient (Wildman–Crippen LogP) is 5.67. The second-order valence-corrected chi connectivity index (χ2v) is 11.2. The van der Waals surface area contributed by atoms with Crippen molar-refractivity contribution < 1.29 is 65.1 Å². The molecule has 0 radical (unpaired) electrons. The van der Waals surface area contributed by atoms with Crippen molar-refractivity contribution in [3.8, 4) is 40.4 Å². The molecule has 0 spiro atoms. The van der Waals surface area contributed by atoms with Crippen LogP contribution in [0.1, 0.15) is 1.43 Å². The minimum atomic E-state index is -0.617. The van der Waals surface area contributed by atoms with E-state index in [1.807, 2.05) is 0 Å². The summed E-state index contributed by atoms with van der Waals surface area (Å²) in [6.07, 6.45) is 2.60. The van der Waals surface area contributed by atoms with Crippen molar-refractivity contribution in [1.29, 1.82) is 0 Å². The van der Waals surface area contributed by atoms with Crippen molar-refractivity contribution in [2.24, 2.45) is 0 Å². The molecular weight excluding hydrogens is 810 g/mol. The van der Waals surface area contributed by atoms with Gasteiger partial charge in [-0.05, 0) is 12.1 Å². The van der Waals surface area contributed by atoms with E-state index in [4.69, 9.17) is 95.3 Å². The molecule has 0 bridgehead atoms. The number of methoxy groups -OCH3 is 3. The second kappa shape index (κ2) is 22.3. The molecule has 0 aliphatic heterocycles. The second-order valence-electron chi connectivity index (χ2n) is 8.77. The van der Waals surface area contributed by atoms with Crippen LogP contribution in [0.3, 0.4) is 0 Å². The van der Waals surface area contributed by atoms with Gasteiger partial charge in [-0.1, -0.05) is 69.6 Å². The van der Waals surface area contributed by atoms with Crippen molar-refractivity contribution in [2.45, 2.75) is 0 Å². The summed E-state index contributed by atoms with van der Waals surface area (Å²) in [4.78, 5) is 24.6. The number of hydrogen-bond donors (Lipinski definition) is 4. The number of halogens is 6. The van der Waals surface area contributed by atoms with Crippen LogP contribution in [0.5, 0.6) is 40.4 Å². The number of phenols is 2. The average Bonchev–Trinajstić information content (AvgIpc) is 3.05. The largest absolute Gasteiger partial charge is 1.00 e. The molecule has 6 N–H and O–H groups in total. The summed E-state index contributed by atoms with van der Waals surface area (Å²) < 4.78 is 20.1. The molecule has 0 saturated carbocycles. The number of hydrogen-bond acceptors (Lipinski definition) is 14. The summed E-state index contributed by atoms with van der Waals surface area (Å²) in [5.74, 6) is 0.894. The maximum absolute atomic E-state index is 10.3. The van der Waals surface area contributed by atoms with Crippen LogP contribution in [-0.2, 0) is 0 Å². The fourth-order valence-corrected chi connectivity index (χ4v) is 4.37. The molecule has 268 valence electrons. The molecule has 0 amide bonds. The van der Waals surface area contributed by atoms with E-state index in [1.165, 1.54) is 58.2 Å². The Morgan fingerprint density at radius 1 is 0.647 bits per heavy atom. The first-order valence-corrected chi connectivity index (χ1v) is 15.3. The molecule has 15 nitrogen and oxygen atoms in total. The third-order valence-electron chi connectivity index (χ3n) is 5.38. The molecule has 0 saturated heterocycles. The molecule has 0 aliphatic rings. The van der Waals surface area contributed by atoms with Gasteiger partial charge in [-0.2, -0.15) is 0 Å². The van der Waals surface area contributed by atoms with Crippen LogP contribution in [0.25, 0.3) is 0 Å². The van der Waals surface area contributed by atoms with Crippen LogP contribution in [0.15, 0.2) is 61.2 Å². The summed E-state index contributed by atoms with van der Waals surface area (Å²) in [5, 5.41) is 30.2. The minimum absolute atomic E-state index is 0. The molecule has 22 heteroatoms. The van der Waals surface area contributed by atoms with Gasteiger partial charge in [0.25, 0.3) is 5.69 Å². The topological polar surface area (TPSA) is 224 Å². The smallest absolute Gasteiger partial charge is 1.00 e. The quantitative estimate of drug-likeness (QED) is 0.0404. The summed E-state index contributed by atoms with van der Waals surface area (Å²) in [7, 11) is 4.21. The van der Waals surface area contributed by atoms with Crippen LogP contribution in [-0.4, -0.2) is 56.4 Å². The number of anilines is 2. The number of benzene rings is 3. The number of rotatable bonds is 6. The van der Waals surface area contributed by atoms with E-state index in [0.717, 1.165) is 12.1 Å². The molecule has 0 atom stereocenters. The molecule has 3 aromatic carbocycles. The summed E-state index contributed by atoms with van der Waals surface area (Å²) in [5.41, 5.74) is 11.8. The standard InChI is InChI=1S/C11H9Cl2N3O2.C7H6ClNO4.C7H8ClNO2.C4H2Cl2N2.Na.H/c1-17-8-3-6(14)2-7(12)11(8)18-10-4-9(13)15-5-16-10;1-13-6-3-4(9(11)12)2-5(8)7(6)10;1-11-6-3-4(9)2-5(8)7(6)10;5-3-1-4(6)8-2-7-3;;/h2-5H,14H2,1H3;2-3,10H,1H3;2-3,10H,9H2,1H3;1-2H;;/q;;;;+1;-1. The van der Waals surface area contributed by atoms with Gasteiger partial charge in [0, 0.05) is 41.7 Å². The van der Waals surface area contributed by atoms with Gasteiger partial charge in [-0.3, -0.25) is 10.1 Å². The third kappa shape index (κ3) is 14.9. The molecule has 2 heterocycles. The summed E-state index contributed by atoms with van der Waals surface area (Å²) >= 11 is 33.7. The Morgan fingerprint density at radius 2 is 1.08 bits per heavy atom. The Hall–Kier alpha value is -3.64. The molecule has 5 rings (SSSR count). The number of nitrogen functional groups attached to an aromatic ring is 2. The zero-order valence-electron chi connectivity index (χ0n) is 27.8. The van der Waals surface area contributed by atoms with Gasteiger partial charge in [0.05, 0.1) is 47.4 Å². The molecule has 0 fully saturated rings. The summed E-state index contributed by atoms with van der Waals surface area (Å²) in [6.45, 7) is 0. The number of nitrogens with two attached hydrogens (primary N) is 2. The maximum atomic E-state index is 10.3. The Balaban J connectivity index is 0.000000685. The summed E-state index contributed by atoms with van der Waals surface area (Å²) in [6, 6.07) is 11.2. The zero-order valence-corrected chi connectivity index (χ0v) is 33.3. The SMILES string of the molecule is COc1cc(N)cc(Cl)c1O.COc1cc(N)cc(Cl)c1Oc1cc(Cl)ncn1.COc1cc([N+](=O)[O-])cc(Cl)c1O.Clc1cc(Cl)ncn1.[H-].[Na+]. The number of nitrogens with zero attached hydrogens (tertiary/aromatic N) is 5. The number of phenolic OH excluding ortho intramolecular Hbond substituents is 2. The Morgan fingerprint density at radius 3 is 1.53 bits per heavy atom. The van der Waals surface area contributed by atoms with Crippen LogP contribution >= 0.6 is 69.6 Å². The van der Waals surface area contributed by atoms with Gasteiger partial charge in [-0.15, -0.1) is 0 Å². The fourth-order valence-electron chi connectivity index (χ4n) is 3.20. The normalized spacial score (nSPS) is 9.59. The van der Waals surface area contributed by atoms with Crippen molar-refractivity contribution in [3.05, 3.63) is 102 Å². The molecule has 0 unspecified atom stereocenters. The van der Waals surface area contributed by atoms with Crippen molar-refractivity contribution >= 4 is 86.7 Å². The van der Waals surface area contributed by atoms with E-state index >= 15 is 0 Å². The Kier molecular flexibility index (Phi) is 19.9. The fraction of sp³-hybridized carbons (Fsp3) is 0.103. The number of nitro benzene ring substituents is 1. The van der Waals surface area contributed by atoms with Crippen LogP contribution in [0.2, 0.25) is 30.5 Å². The molecular formula is C29H26Cl6N7NaO8. The first kappa shape index (κ1) is 45.4. The van der Waals surface area contributed by atoms with Gasteiger partial charge < -0.3 is 42.1 Å². The third-order valence-corrected chi connectivity index (χ3v) is 6.86. The van der Waals surface area contributed by atoms with Crippen LogP contribution in [0, 0.1) is 10.1 Å². The van der Waals surface area contributed by atoms with Crippen LogP contribution < -0.4 is 60.0 Å². The maximum Gasteiger partial charge on any atom is 1.00 e. The van der Waals surface area contributed by atoms with Gasteiger partial charge in [-0.25, -0.2) is 19.9 Å². The minimum Gasteiger partial charge on any atom is -1.00 e. The Bertz CT molecular complexity index is 1920. The number of non-ortho nitro benzene ring substituents is 1. The van der Waals surface area contributed by atoms with E-state index in [2.05, 4.69) is 24.7 Å². The number of aromatic hydroxyl groups is 2. The molecule has 51 heavy (non-hydrogen) atoms. The average molecular weight is 836 g/mol. The Labute approximate surface area is 344 Å². The number of nitro groups is 1. The van der Waals surface area contributed by atoms with Gasteiger partial charge in [0.1, 0.15) is 28.1 Å². The first-order chi connectivity index (χ1) is 23.6. The predicted molar refractivity (Wildman–Crippen MR) is 193 cm³/mol. The molecule has 5 aromatic rings. The van der Waals surface area contributed by atoms with E-state index in [-0.39, 0.29) is 80.7 Å². The van der Waals surface area contributed by atoms with Crippen LogP contribution in [0.4, 0.5) is 17.1 Å². The van der Waals surface area contributed by atoms with E-state index in [9.17, 15) is 20.3 Å². The van der Waals surface area contributed by atoms with Crippen molar-refractivity contribution in [1.82, 2.24) is 19.9 Å². The monoisotopic (exact) mass is 833 g/mol. The zero-order chi connectivity index (χ0) is 37.5. The number of aromatic nitrogens is 4. The molecule has 2 aromatic heterocycles. The van der Waals surface area contributed by atoms with Crippen molar-refractivity contribution in [2.75, 3.05) is 32.8 Å². The van der Waals surface area contributed by atoms with E-state index in [1.54, 1.807) is 12.1 Å².